The van der Waals surface area contributed by atoms with E-state index < -0.39 is 0 Å². The van der Waals surface area contributed by atoms with Crippen LogP contribution in [-0.4, -0.2) is 65.2 Å². The average Bonchev–Trinajstić information content (AvgIpc) is 3.41. The maximum absolute atomic E-state index is 13.3. The van der Waals surface area contributed by atoms with Gasteiger partial charge in [-0.15, -0.1) is 0 Å². The van der Waals surface area contributed by atoms with Crippen molar-refractivity contribution in [2.75, 3.05) is 58.5 Å². The van der Waals surface area contributed by atoms with Gasteiger partial charge in [0, 0.05) is 19.7 Å². The smallest absolute Gasteiger partial charge is 0.231 e. The van der Waals surface area contributed by atoms with Gasteiger partial charge in [0.25, 0.3) is 0 Å². The van der Waals surface area contributed by atoms with Crippen LogP contribution in [0.2, 0.25) is 0 Å². The number of ketones is 2. The molecule has 0 aromatic heterocycles. The molecule has 1 aromatic rings. The molecule has 0 N–H and O–H groups in total. The van der Waals surface area contributed by atoms with Crippen LogP contribution in [0.3, 0.4) is 0 Å². The first-order valence-electron chi connectivity index (χ1n) is 9.32. The van der Waals surface area contributed by atoms with E-state index in [1.165, 1.54) is 23.5 Å². The molecular weight excluding hydrogens is 430 g/mol. The van der Waals surface area contributed by atoms with E-state index >= 15 is 0 Å². The second kappa shape index (κ2) is 9.88. The summed E-state index contributed by atoms with van der Waals surface area (Å²) >= 11 is 2.78. The first kappa shape index (κ1) is 21.3. The fourth-order valence-corrected chi connectivity index (χ4v) is 5.09. The Labute approximate surface area is 182 Å². The molecule has 1 aromatic carbocycles. The van der Waals surface area contributed by atoms with Gasteiger partial charge in [0.1, 0.15) is 6.79 Å². The van der Waals surface area contributed by atoms with Gasteiger partial charge in [-0.05, 0) is 16.9 Å². The minimum absolute atomic E-state index is 0.0756. The number of carbonyl (C=O) groups is 2. The molecule has 0 radical (unpaired) electrons. The van der Waals surface area contributed by atoms with E-state index in [9.17, 15) is 9.59 Å². The molecule has 160 valence electrons. The number of fused-ring (bicyclic) bond motifs is 2. The second-order valence-electron chi connectivity index (χ2n) is 6.49. The number of benzene rings is 1. The number of methoxy groups -OCH3 is 1. The molecule has 0 bridgehead atoms. The minimum atomic E-state index is -0.293. The number of thioether (sulfide) groups is 2. The van der Waals surface area contributed by atoms with Crippen LogP contribution < -0.4 is 14.4 Å². The summed E-state index contributed by atoms with van der Waals surface area (Å²) in [7, 11) is 1.60. The van der Waals surface area contributed by atoms with Crippen molar-refractivity contribution in [2.24, 2.45) is 0 Å². The van der Waals surface area contributed by atoms with Crippen LogP contribution in [0.25, 0.3) is 0 Å². The molecule has 3 aliphatic rings. The molecule has 0 saturated heterocycles. The number of rotatable bonds is 8. The van der Waals surface area contributed by atoms with Crippen molar-refractivity contribution < 1.29 is 33.3 Å². The summed E-state index contributed by atoms with van der Waals surface area (Å²) in [5.41, 5.74) is 1.29. The summed E-state index contributed by atoms with van der Waals surface area (Å²) in [6.45, 7) is 2.00. The zero-order valence-electron chi connectivity index (χ0n) is 16.4. The Kier molecular flexibility index (Phi) is 7.00. The molecular formula is C20H21NO7S2. The summed E-state index contributed by atoms with van der Waals surface area (Å²) in [5, 5.41) is 3.74. The predicted molar refractivity (Wildman–Crippen MR) is 114 cm³/mol. The Balaban J connectivity index is 1.56. The predicted octanol–water partition coefficient (Wildman–Crippen LogP) is 2.79. The lowest BCUT2D eigenvalue weighted by Gasteiger charge is -2.23. The summed E-state index contributed by atoms with van der Waals surface area (Å²) in [6.07, 6.45) is 0. The molecule has 4 rings (SSSR count). The number of hydrogen-bond donors (Lipinski definition) is 0. The topological polar surface area (TPSA) is 83.5 Å². The maximum Gasteiger partial charge on any atom is 0.231 e. The van der Waals surface area contributed by atoms with Crippen LogP contribution in [-0.2, 0) is 19.0 Å². The van der Waals surface area contributed by atoms with Crippen LogP contribution >= 0.6 is 23.5 Å². The molecule has 3 aliphatic heterocycles. The number of anilines is 1. The SMILES string of the molecule is COCCOCOCCN1CC(=O)C(=C2SC=CS2)C(=O)c2cc3c(cc21)OCO3. The van der Waals surface area contributed by atoms with Crippen molar-refractivity contribution in [1.29, 1.82) is 0 Å². The molecule has 10 heteroatoms. The van der Waals surface area contributed by atoms with E-state index in [2.05, 4.69) is 0 Å². The van der Waals surface area contributed by atoms with Crippen LogP contribution in [0.15, 0.2) is 32.8 Å². The second-order valence-corrected chi connectivity index (χ2v) is 8.58. The van der Waals surface area contributed by atoms with Crippen molar-refractivity contribution in [3.05, 3.63) is 38.3 Å². The monoisotopic (exact) mass is 451 g/mol. The lowest BCUT2D eigenvalue weighted by molar-refractivity contribution is -0.114. The van der Waals surface area contributed by atoms with Crippen molar-refractivity contribution in [3.63, 3.8) is 0 Å². The number of Topliss-reactive ketones (excluding diaryl/α,β-unsaturated/α-hetero) is 2. The van der Waals surface area contributed by atoms with E-state index in [0.717, 1.165) is 0 Å². The van der Waals surface area contributed by atoms with Gasteiger partial charge in [0.05, 0.1) is 47.4 Å². The Hall–Kier alpha value is -1.98. The number of hydrogen-bond acceptors (Lipinski definition) is 10. The van der Waals surface area contributed by atoms with Gasteiger partial charge in [-0.25, -0.2) is 0 Å². The lowest BCUT2D eigenvalue weighted by Crippen LogP contribution is -2.32. The van der Waals surface area contributed by atoms with Crippen molar-refractivity contribution >= 4 is 40.8 Å². The Morgan fingerprint density at radius 3 is 2.53 bits per heavy atom. The summed E-state index contributed by atoms with van der Waals surface area (Å²) in [6, 6.07) is 3.43. The van der Waals surface area contributed by atoms with E-state index in [0.29, 0.717) is 53.4 Å². The highest BCUT2D eigenvalue weighted by atomic mass is 32.2. The first-order valence-corrected chi connectivity index (χ1v) is 11.1. The largest absolute Gasteiger partial charge is 0.454 e. The van der Waals surface area contributed by atoms with Gasteiger partial charge < -0.3 is 28.6 Å². The number of ether oxygens (including phenoxy) is 5. The number of nitrogens with zero attached hydrogens (tertiary/aromatic N) is 1. The molecule has 0 aliphatic carbocycles. The van der Waals surface area contributed by atoms with E-state index in [1.54, 1.807) is 19.2 Å². The summed E-state index contributed by atoms with van der Waals surface area (Å²) in [4.78, 5) is 28.2. The standard InChI is InChI=1S/C20H21NO7S2/c1-24-4-5-26-11-25-3-2-21-10-15(22)18(20-29-6-7-30-20)19(23)13-8-16-17(9-14(13)21)28-12-27-16/h6-9H,2-5,10-12H2,1H3. The highest BCUT2D eigenvalue weighted by Gasteiger charge is 2.35. The van der Waals surface area contributed by atoms with Crippen LogP contribution in [0.1, 0.15) is 10.4 Å². The third-order valence-electron chi connectivity index (χ3n) is 4.63. The van der Waals surface area contributed by atoms with Crippen LogP contribution in [0.4, 0.5) is 5.69 Å². The van der Waals surface area contributed by atoms with Gasteiger partial charge in [0.15, 0.2) is 17.3 Å². The lowest BCUT2D eigenvalue weighted by atomic mass is 10.0. The Morgan fingerprint density at radius 1 is 1.03 bits per heavy atom. The zero-order valence-corrected chi connectivity index (χ0v) is 18.0. The van der Waals surface area contributed by atoms with Gasteiger partial charge in [-0.2, -0.15) is 0 Å². The molecule has 8 nitrogen and oxygen atoms in total. The van der Waals surface area contributed by atoms with Crippen molar-refractivity contribution in [2.45, 2.75) is 0 Å². The molecule has 0 unspecified atom stereocenters. The van der Waals surface area contributed by atoms with Crippen LogP contribution in [0.5, 0.6) is 11.5 Å². The number of carbonyl (C=O) groups excluding carboxylic acids is 2. The highest BCUT2D eigenvalue weighted by Crippen LogP contribution is 2.45. The zero-order chi connectivity index (χ0) is 20.9. The fourth-order valence-electron chi connectivity index (χ4n) is 3.20. The highest BCUT2D eigenvalue weighted by molar-refractivity contribution is 8.27. The van der Waals surface area contributed by atoms with Gasteiger partial charge in [-0.1, -0.05) is 23.5 Å². The molecule has 0 saturated carbocycles. The molecule has 0 spiro atoms. The summed E-state index contributed by atoms with van der Waals surface area (Å²) in [5.74, 6) is 0.560. The van der Waals surface area contributed by atoms with Crippen molar-refractivity contribution in [1.82, 2.24) is 0 Å². The summed E-state index contributed by atoms with van der Waals surface area (Å²) < 4.78 is 27.4. The quantitative estimate of drug-likeness (QED) is 0.255. The minimum Gasteiger partial charge on any atom is -0.454 e. The third kappa shape index (κ3) is 4.52. The fraction of sp³-hybridized carbons (Fsp3) is 0.400. The van der Waals surface area contributed by atoms with E-state index in [-0.39, 0.29) is 37.3 Å². The molecule has 0 atom stereocenters. The Morgan fingerprint density at radius 2 is 1.77 bits per heavy atom. The molecule has 3 heterocycles. The van der Waals surface area contributed by atoms with Gasteiger partial charge in [-0.3, -0.25) is 9.59 Å². The average molecular weight is 452 g/mol. The Bertz CT molecular complexity index is 889. The van der Waals surface area contributed by atoms with E-state index in [1.807, 2.05) is 15.7 Å². The van der Waals surface area contributed by atoms with Gasteiger partial charge in [0.2, 0.25) is 12.6 Å². The molecule has 30 heavy (non-hydrogen) atoms. The van der Waals surface area contributed by atoms with Crippen LogP contribution in [0, 0.1) is 0 Å². The van der Waals surface area contributed by atoms with E-state index in [4.69, 9.17) is 23.7 Å². The normalized spacial score (nSPS) is 17.7. The first-order chi connectivity index (χ1) is 14.7. The van der Waals surface area contributed by atoms with Gasteiger partial charge >= 0.3 is 0 Å². The maximum atomic E-state index is 13.3. The molecule has 0 fully saturated rings. The molecule has 0 amide bonds. The third-order valence-corrected chi connectivity index (χ3v) is 6.76. The van der Waals surface area contributed by atoms with Crippen molar-refractivity contribution in [3.8, 4) is 11.5 Å².